The molecular formula is C30H56N2O14. The molecule has 0 aromatic heterocycles. The Balaban J connectivity index is 2.36. The van der Waals surface area contributed by atoms with Crippen molar-refractivity contribution in [2.75, 3.05) is 13.2 Å². The second-order valence-corrected chi connectivity index (χ2v) is 13.3. The molecule has 0 aromatic rings. The molecule has 10 unspecified atom stereocenters. The maximum absolute atomic E-state index is 13.5. The third-order valence-corrected chi connectivity index (χ3v) is 8.51. The molecule has 0 aliphatic carbocycles. The Hall–Kier alpha value is -1.35. The van der Waals surface area contributed by atoms with Crippen LogP contribution in [0.2, 0.25) is 0 Å². The first-order valence-electron chi connectivity index (χ1n) is 15.8. The van der Waals surface area contributed by atoms with E-state index in [1.807, 2.05) is 13.8 Å². The lowest BCUT2D eigenvalue weighted by Crippen LogP contribution is -2.62. The number of nitrogens with two attached hydrogens (primary N) is 1. The number of ether oxygens (including phenoxy) is 3. The summed E-state index contributed by atoms with van der Waals surface area (Å²) in [7, 11) is 0. The van der Waals surface area contributed by atoms with E-state index in [9.17, 15) is 50.8 Å². The van der Waals surface area contributed by atoms with Gasteiger partial charge in [-0.1, -0.05) is 39.8 Å². The molecule has 0 aromatic carbocycles. The van der Waals surface area contributed by atoms with Crippen molar-refractivity contribution >= 4 is 5.91 Å². The molecule has 15 atom stereocenters. The zero-order valence-corrected chi connectivity index (χ0v) is 27.1. The van der Waals surface area contributed by atoms with Crippen molar-refractivity contribution in [3.8, 4) is 0 Å². The topological polar surface area (TPSA) is 285 Å². The minimum atomic E-state index is -2.06. The van der Waals surface area contributed by atoms with E-state index in [-0.39, 0.29) is 24.7 Å². The van der Waals surface area contributed by atoms with Crippen LogP contribution in [0.4, 0.5) is 0 Å². The number of hydrogen-bond acceptors (Lipinski definition) is 15. The summed E-state index contributed by atoms with van der Waals surface area (Å²) in [5.41, 5.74) is 5.97. The van der Waals surface area contributed by atoms with Gasteiger partial charge < -0.3 is 76.3 Å². The molecule has 2 heterocycles. The van der Waals surface area contributed by atoms with E-state index in [2.05, 4.69) is 5.32 Å². The van der Waals surface area contributed by atoms with Crippen LogP contribution >= 0.6 is 0 Å². The average Bonchev–Trinajstić information content (AvgIpc) is 2.98. The van der Waals surface area contributed by atoms with Gasteiger partial charge in [0.15, 0.2) is 12.1 Å². The second kappa shape index (κ2) is 17.9. The Morgan fingerprint density at radius 2 is 1.61 bits per heavy atom. The fourth-order valence-electron chi connectivity index (χ4n) is 5.45. The fraction of sp³-hybridized carbons (Fsp3) is 0.900. The number of aliphatic hydroxyl groups excluding tert-OH is 9. The van der Waals surface area contributed by atoms with Crippen LogP contribution in [0.5, 0.6) is 0 Å². The first-order chi connectivity index (χ1) is 21.3. The van der Waals surface area contributed by atoms with E-state index < -0.39 is 117 Å². The molecule has 2 aliphatic heterocycles. The normalized spacial score (nSPS) is 36.4. The van der Waals surface area contributed by atoms with E-state index in [1.165, 1.54) is 0 Å². The maximum atomic E-state index is 13.5. The SMILES string of the molecule is CC(C)/C=C/[C@@H](CC1O[C@](O)(C[C@@H](O)C(C)C)C[C@H](O)[C@H]1C(=O)NCC(O)C(O)C(O)C(O)CO)OC1OC(C)C(O)C(N)C1O. The van der Waals surface area contributed by atoms with Crippen molar-refractivity contribution in [3.05, 3.63) is 12.2 Å². The zero-order valence-electron chi connectivity index (χ0n) is 27.1. The first kappa shape index (κ1) is 40.8. The van der Waals surface area contributed by atoms with Crippen LogP contribution in [0.25, 0.3) is 0 Å². The molecule has 0 radical (unpaired) electrons. The minimum Gasteiger partial charge on any atom is -0.394 e. The van der Waals surface area contributed by atoms with E-state index in [4.69, 9.17) is 25.1 Å². The van der Waals surface area contributed by atoms with Crippen LogP contribution < -0.4 is 11.1 Å². The highest BCUT2D eigenvalue weighted by Crippen LogP contribution is 2.38. The van der Waals surface area contributed by atoms with Gasteiger partial charge in [0, 0.05) is 25.8 Å². The number of aliphatic hydroxyl groups is 10. The molecule has 13 N–H and O–H groups in total. The molecule has 2 saturated heterocycles. The number of amides is 1. The highest BCUT2D eigenvalue weighted by atomic mass is 16.7. The van der Waals surface area contributed by atoms with Crippen molar-refractivity contribution in [1.82, 2.24) is 5.32 Å². The molecule has 0 bridgehead atoms. The van der Waals surface area contributed by atoms with Gasteiger partial charge in [0.25, 0.3) is 0 Å². The van der Waals surface area contributed by atoms with Gasteiger partial charge in [0.1, 0.15) is 24.4 Å². The Morgan fingerprint density at radius 3 is 2.17 bits per heavy atom. The minimum absolute atomic E-state index is 0.0361. The van der Waals surface area contributed by atoms with E-state index >= 15 is 0 Å². The molecule has 0 spiro atoms. The van der Waals surface area contributed by atoms with Crippen molar-refractivity contribution in [1.29, 1.82) is 0 Å². The summed E-state index contributed by atoms with van der Waals surface area (Å²) >= 11 is 0. The van der Waals surface area contributed by atoms with Gasteiger partial charge >= 0.3 is 0 Å². The van der Waals surface area contributed by atoms with E-state index in [0.29, 0.717) is 0 Å². The quantitative estimate of drug-likeness (QED) is 0.0702. The summed E-state index contributed by atoms with van der Waals surface area (Å²) in [6.45, 7) is 7.30. The maximum Gasteiger partial charge on any atom is 0.228 e. The molecule has 2 fully saturated rings. The van der Waals surface area contributed by atoms with Crippen molar-refractivity contribution in [3.63, 3.8) is 0 Å². The van der Waals surface area contributed by atoms with Gasteiger partial charge in [-0.2, -0.15) is 0 Å². The first-order valence-corrected chi connectivity index (χ1v) is 15.8. The third kappa shape index (κ3) is 11.1. The molecule has 16 nitrogen and oxygen atoms in total. The molecule has 2 rings (SSSR count). The van der Waals surface area contributed by atoms with Gasteiger partial charge in [0.05, 0.1) is 61.3 Å². The van der Waals surface area contributed by atoms with Crippen molar-refractivity contribution in [2.24, 2.45) is 23.5 Å². The number of rotatable bonds is 16. The number of carbonyl (C=O) groups is 1. The molecule has 46 heavy (non-hydrogen) atoms. The monoisotopic (exact) mass is 668 g/mol. The molecule has 1 amide bonds. The number of hydrogen-bond donors (Lipinski definition) is 12. The summed E-state index contributed by atoms with van der Waals surface area (Å²) in [5.74, 6) is -4.53. The van der Waals surface area contributed by atoms with Gasteiger partial charge in [-0.25, -0.2) is 0 Å². The fourth-order valence-corrected chi connectivity index (χ4v) is 5.45. The lowest BCUT2D eigenvalue weighted by atomic mass is 9.81. The highest BCUT2D eigenvalue weighted by Gasteiger charge is 2.51. The Morgan fingerprint density at radius 1 is 1.00 bits per heavy atom. The molecule has 0 saturated carbocycles. The zero-order chi connectivity index (χ0) is 35.1. The van der Waals surface area contributed by atoms with Crippen LogP contribution in [-0.4, -0.2) is 155 Å². The molecule has 270 valence electrons. The van der Waals surface area contributed by atoms with Crippen LogP contribution in [-0.2, 0) is 19.0 Å². The van der Waals surface area contributed by atoms with E-state index in [0.717, 1.165) is 0 Å². The van der Waals surface area contributed by atoms with Crippen molar-refractivity contribution in [2.45, 2.75) is 139 Å². The molecular weight excluding hydrogens is 612 g/mol. The summed E-state index contributed by atoms with van der Waals surface area (Å²) < 4.78 is 17.8. The average molecular weight is 669 g/mol. The standard InChI is InChI=1S/C30H56N2O14/c1-13(2)6-7-16(45-29-27(41)23(31)24(38)15(5)44-29)8-21-22(18(35)10-30(43,46-21)9-17(34)14(3)4)28(42)32-11-19(36)25(39)26(40)20(37)12-33/h6-7,13-27,29,33-41,43H,8-12,31H2,1-5H3,(H,32,42)/b7-6+/t15?,16-,17+,18-,19?,20?,21?,22+,23?,24?,25?,26?,27?,29?,30+/m0/s1. The van der Waals surface area contributed by atoms with Crippen LogP contribution in [0.15, 0.2) is 12.2 Å². The Bertz CT molecular complexity index is 959. The summed E-state index contributed by atoms with van der Waals surface area (Å²) in [4.78, 5) is 13.5. The Labute approximate surface area is 269 Å². The predicted octanol–water partition coefficient (Wildman–Crippen LogP) is -3.82. The highest BCUT2D eigenvalue weighted by molar-refractivity contribution is 5.80. The van der Waals surface area contributed by atoms with Crippen LogP contribution in [0.3, 0.4) is 0 Å². The number of nitrogens with one attached hydrogen (secondary N) is 1. The van der Waals surface area contributed by atoms with Gasteiger partial charge in [-0.15, -0.1) is 0 Å². The largest absolute Gasteiger partial charge is 0.394 e. The van der Waals surface area contributed by atoms with Gasteiger partial charge in [-0.3, -0.25) is 4.79 Å². The lowest BCUT2D eigenvalue weighted by Gasteiger charge is -2.46. The van der Waals surface area contributed by atoms with Gasteiger partial charge in [-0.05, 0) is 18.8 Å². The Kier molecular flexibility index (Phi) is 15.9. The third-order valence-electron chi connectivity index (χ3n) is 8.51. The summed E-state index contributed by atoms with van der Waals surface area (Å²) in [6, 6.07) is -1.09. The molecule has 16 heteroatoms. The van der Waals surface area contributed by atoms with Crippen LogP contribution in [0, 0.1) is 17.8 Å². The smallest absolute Gasteiger partial charge is 0.228 e. The predicted molar refractivity (Wildman–Crippen MR) is 161 cm³/mol. The molecule has 2 aliphatic rings. The summed E-state index contributed by atoms with van der Waals surface area (Å²) in [6.07, 6.45) is -14.4. The second-order valence-electron chi connectivity index (χ2n) is 13.3. The van der Waals surface area contributed by atoms with Crippen LogP contribution in [0.1, 0.15) is 53.9 Å². The van der Waals surface area contributed by atoms with Gasteiger partial charge in [0.2, 0.25) is 5.91 Å². The number of allylic oxidation sites excluding steroid dienone is 1. The van der Waals surface area contributed by atoms with Crippen molar-refractivity contribution < 1.29 is 70.1 Å². The summed E-state index contributed by atoms with van der Waals surface area (Å²) in [5, 5.41) is 105. The lowest BCUT2D eigenvalue weighted by molar-refractivity contribution is -0.307. The van der Waals surface area contributed by atoms with E-state index in [1.54, 1.807) is 32.9 Å². The number of carbonyl (C=O) groups excluding carboxylic acids is 1.